The van der Waals surface area contributed by atoms with Crippen molar-refractivity contribution in [2.75, 3.05) is 24.6 Å². The summed E-state index contributed by atoms with van der Waals surface area (Å²) < 4.78 is 1.30. The Morgan fingerprint density at radius 1 is 1.27 bits per heavy atom. The molecule has 0 heterocycles. The standard InChI is InChI=1S/C9H20IN/c1-9(2)8-11(3)7-5-4-6-10/h9H,4-8H2,1-3H3. The van der Waals surface area contributed by atoms with E-state index < -0.39 is 0 Å². The first-order valence-electron chi connectivity index (χ1n) is 4.41. The van der Waals surface area contributed by atoms with E-state index in [1.54, 1.807) is 0 Å². The minimum atomic E-state index is 0.805. The summed E-state index contributed by atoms with van der Waals surface area (Å²) >= 11 is 2.44. The monoisotopic (exact) mass is 269 g/mol. The average Bonchev–Trinajstić information content (AvgIpc) is 1.86. The summed E-state index contributed by atoms with van der Waals surface area (Å²) in [6.07, 6.45) is 2.72. The van der Waals surface area contributed by atoms with Crippen molar-refractivity contribution in [3.8, 4) is 0 Å². The molecule has 0 aliphatic heterocycles. The molecule has 0 rings (SSSR count). The molecule has 0 aliphatic rings. The van der Waals surface area contributed by atoms with E-state index in [1.807, 2.05) is 0 Å². The van der Waals surface area contributed by atoms with Crippen LogP contribution in [0.3, 0.4) is 0 Å². The minimum absolute atomic E-state index is 0.805. The predicted octanol–water partition coefficient (Wildman–Crippen LogP) is 2.79. The van der Waals surface area contributed by atoms with E-state index in [2.05, 4.69) is 48.4 Å². The first kappa shape index (κ1) is 11.7. The van der Waals surface area contributed by atoms with E-state index >= 15 is 0 Å². The molecular formula is C9H20IN. The second-order valence-corrected chi connectivity index (χ2v) is 4.63. The van der Waals surface area contributed by atoms with Crippen molar-refractivity contribution in [2.24, 2.45) is 5.92 Å². The van der Waals surface area contributed by atoms with Crippen LogP contribution in [0.15, 0.2) is 0 Å². The highest BCUT2D eigenvalue weighted by Gasteiger charge is 1.99. The number of alkyl halides is 1. The third kappa shape index (κ3) is 8.60. The smallest absolute Gasteiger partial charge is 0.000133 e. The zero-order chi connectivity index (χ0) is 8.69. The molecule has 0 atom stereocenters. The molecule has 2 heteroatoms. The number of rotatable bonds is 6. The molecule has 68 valence electrons. The largest absolute Gasteiger partial charge is 0.306 e. The molecule has 0 aromatic rings. The van der Waals surface area contributed by atoms with Gasteiger partial charge in [0.1, 0.15) is 0 Å². The first-order valence-corrected chi connectivity index (χ1v) is 5.94. The normalized spacial score (nSPS) is 11.5. The minimum Gasteiger partial charge on any atom is -0.306 e. The van der Waals surface area contributed by atoms with E-state index in [9.17, 15) is 0 Å². The fourth-order valence-corrected chi connectivity index (χ4v) is 1.73. The Labute approximate surface area is 84.7 Å². The SMILES string of the molecule is CC(C)CN(C)CCCCI. The molecule has 0 spiro atoms. The zero-order valence-corrected chi connectivity index (χ0v) is 10.1. The van der Waals surface area contributed by atoms with Crippen LogP contribution < -0.4 is 0 Å². The van der Waals surface area contributed by atoms with Crippen LogP contribution in [0.25, 0.3) is 0 Å². The van der Waals surface area contributed by atoms with E-state index in [0.29, 0.717) is 0 Å². The fraction of sp³-hybridized carbons (Fsp3) is 1.00. The third-order valence-corrected chi connectivity index (χ3v) is 2.36. The van der Waals surface area contributed by atoms with Crippen molar-refractivity contribution in [1.82, 2.24) is 4.90 Å². The highest BCUT2D eigenvalue weighted by molar-refractivity contribution is 14.1. The van der Waals surface area contributed by atoms with Gasteiger partial charge in [0.05, 0.1) is 0 Å². The maximum atomic E-state index is 2.44. The quantitative estimate of drug-likeness (QED) is 0.407. The van der Waals surface area contributed by atoms with Crippen molar-refractivity contribution in [2.45, 2.75) is 26.7 Å². The van der Waals surface area contributed by atoms with Crippen LogP contribution in [0.2, 0.25) is 0 Å². The van der Waals surface area contributed by atoms with Crippen LogP contribution in [-0.4, -0.2) is 29.5 Å². The van der Waals surface area contributed by atoms with Crippen molar-refractivity contribution in [3.05, 3.63) is 0 Å². The van der Waals surface area contributed by atoms with Crippen molar-refractivity contribution >= 4 is 22.6 Å². The Hall–Kier alpha value is 0.690. The second-order valence-electron chi connectivity index (χ2n) is 3.55. The lowest BCUT2D eigenvalue weighted by Gasteiger charge is -2.18. The van der Waals surface area contributed by atoms with Crippen molar-refractivity contribution in [1.29, 1.82) is 0 Å². The highest BCUT2D eigenvalue weighted by atomic mass is 127. The molecule has 11 heavy (non-hydrogen) atoms. The topological polar surface area (TPSA) is 3.24 Å². The van der Waals surface area contributed by atoms with Gasteiger partial charge in [-0.25, -0.2) is 0 Å². The Kier molecular flexibility index (Phi) is 7.81. The van der Waals surface area contributed by atoms with Gasteiger partial charge in [0.2, 0.25) is 0 Å². The van der Waals surface area contributed by atoms with Crippen LogP contribution >= 0.6 is 22.6 Å². The van der Waals surface area contributed by atoms with Gasteiger partial charge in [-0.2, -0.15) is 0 Å². The molecule has 0 radical (unpaired) electrons. The van der Waals surface area contributed by atoms with Crippen molar-refractivity contribution < 1.29 is 0 Å². The molecule has 0 amide bonds. The summed E-state index contributed by atoms with van der Waals surface area (Å²) in [5.41, 5.74) is 0. The second kappa shape index (κ2) is 7.35. The molecule has 0 N–H and O–H groups in total. The molecule has 0 fully saturated rings. The molecule has 0 saturated heterocycles. The Morgan fingerprint density at radius 3 is 2.36 bits per heavy atom. The first-order chi connectivity index (χ1) is 5.16. The van der Waals surface area contributed by atoms with Gasteiger partial charge >= 0.3 is 0 Å². The summed E-state index contributed by atoms with van der Waals surface area (Å²) in [6, 6.07) is 0. The van der Waals surface area contributed by atoms with Gasteiger partial charge in [-0.1, -0.05) is 36.4 Å². The van der Waals surface area contributed by atoms with Gasteiger partial charge in [0.15, 0.2) is 0 Å². The Bertz CT molecular complexity index is 83.6. The fourth-order valence-electron chi connectivity index (χ4n) is 1.19. The lowest BCUT2D eigenvalue weighted by Crippen LogP contribution is -2.24. The van der Waals surface area contributed by atoms with Gasteiger partial charge < -0.3 is 4.90 Å². The van der Waals surface area contributed by atoms with Gasteiger partial charge in [0.25, 0.3) is 0 Å². The van der Waals surface area contributed by atoms with Crippen LogP contribution in [0, 0.1) is 5.92 Å². The molecule has 0 unspecified atom stereocenters. The molecule has 0 aliphatic carbocycles. The van der Waals surface area contributed by atoms with Crippen LogP contribution in [0.1, 0.15) is 26.7 Å². The van der Waals surface area contributed by atoms with E-state index in [4.69, 9.17) is 0 Å². The van der Waals surface area contributed by atoms with Gasteiger partial charge in [0, 0.05) is 6.54 Å². The molecule has 0 bridgehead atoms. The lowest BCUT2D eigenvalue weighted by molar-refractivity contribution is 0.292. The number of hydrogen-bond donors (Lipinski definition) is 0. The summed E-state index contributed by atoms with van der Waals surface area (Å²) in [4.78, 5) is 2.43. The van der Waals surface area contributed by atoms with Gasteiger partial charge in [-0.05, 0) is 36.8 Å². The number of nitrogens with zero attached hydrogens (tertiary/aromatic N) is 1. The van der Waals surface area contributed by atoms with Crippen LogP contribution in [0.4, 0.5) is 0 Å². The number of unbranched alkanes of at least 4 members (excludes halogenated alkanes) is 1. The maximum absolute atomic E-state index is 2.44. The molecule has 1 nitrogen and oxygen atoms in total. The Balaban J connectivity index is 3.15. The van der Waals surface area contributed by atoms with E-state index in [1.165, 1.54) is 30.4 Å². The summed E-state index contributed by atoms with van der Waals surface area (Å²) in [5.74, 6) is 0.805. The molecule has 0 aromatic heterocycles. The third-order valence-electron chi connectivity index (χ3n) is 1.60. The van der Waals surface area contributed by atoms with Crippen LogP contribution in [0.5, 0.6) is 0 Å². The summed E-state index contributed by atoms with van der Waals surface area (Å²) in [7, 11) is 2.22. The maximum Gasteiger partial charge on any atom is 0.000133 e. The number of halogens is 1. The zero-order valence-electron chi connectivity index (χ0n) is 7.94. The Morgan fingerprint density at radius 2 is 1.91 bits per heavy atom. The van der Waals surface area contributed by atoms with Gasteiger partial charge in [-0.3, -0.25) is 0 Å². The number of hydrogen-bond acceptors (Lipinski definition) is 1. The summed E-state index contributed by atoms with van der Waals surface area (Å²) in [5, 5.41) is 0. The van der Waals surface area contributed by atoms with E-state index in [-0.39, 0.29) is 0 Å². The van der Waals surface area contributed by atoms with Gasteiger partial charge in [-0.15, -0.1) is 0 Å². The highest BCUT2D eigenvalue weighted by Crippen LogP contribution is 1.99. The molecular weight excluding hydrogens is 249 g/mol. The molecule has 0 aromatic carbocycles. The average molecular weight is 269 g/mol. The van der Waals surface area contributed by atoms with E-state index in [0.717, 1.165) is 5.92 Å². The molecule has 0 saturated carbocycles. The van der Waals surface area contributed by atoms with Crippen molar-refractivity contribution in [3.63, 3.8) is 0 Å². The van der Waals surface area contributed by atoms with Crippen LogP contribution in [-0.2, 0) is 0 Å². The summed E-state index contributed by atoms with van der Waals surface area (Å²) in [6.45, 7) is 7.05. The lowest BCUT2D eigenvalue weighted by atomic mass is 10.2. The predicted molar refractivity (Wildman–Crippen MR) is 60.5 cm³/mol.